The van der Waals surface area contributed by atoms with Crippen molar-refractivity contribution in [3.8, 4) is 0 Å². The van der Waals surface area contributed by atoms with Crippen LogP contribution in [-0.4, -0.2) is 25.2 Å². The molecule has 1 aromatic carbocycles. The fourth-order valence-electron chi connectivity index (χ4n) is 1.27. The summed E-state index contributed by atoms with van der Waals surface area (Å²) in [5.41, 5.74) is 6.69. The summed E-state index contributed by atoms with van der Waals surface area (Å²) in [6.45, 7) is 4.60. The number of hydrogen-bond acceptors (Lipinski definition) is 3. The molecule has 1 rings (SSSR count). The summed E-state index contributed by atoms with van der Waals surface area (Å²) < 4.78 is 5.11. The van der Waals surface area contributed by atoms with Crippen LogP contribution in [0.2, 0.25) is 0 Å². The van der Waals surface area contributed by atoms with Crippen LogP contribution in [0.5, 0.6) is 0 Å². The van der Waals surface area contributed by atoms with Crippen LogP contribution in [0.1, 0.15) is 5.56 Å². The van der Waals surface area contributed by atoms with Gasteiger partial charge in [0.25, 0.3) is 0 Å². The van der Waals surface area contributed by atoms with E-state index in [1.165, 1.54) is 0 Å². The molecule has 17 heavy (non-hydrogen) atoms. The standard InChI is InChI=1S/C13H18N2O2/c1-2-8-17-10-12(14)13(16)15-9-11-6-4-3-5-7-11/h2-7,12H,1,8-10,14H2,(H,15,16)/t12-/m1/s1. The normalized spacial score (nSPS) is 11.8. The molecule has 0 saturated carbocycles. The maximum Gasteiger partial charge on any atom is 0.239 e. The van der Waals surface area contributed by atoms with Crippen molar-refractivity contribution in [2.24, 2.45) is 5.73 Å². The Hall–Kier alpha value is -1.65. The van der Waals surface area contributed by atoms with Gasteiger partial charge in [-0.15, -0.1) is 6.58 Å². The molecule has 92 valence electrons. The highest BCUT2D eigenvalue weighted by atomic mass is 16.5. The number of benzene rings is 1. The lowest BCUT2D eigenvalue weighted by Crippen LogP contribution is -2.43. The van der Waals surface area contributed by atoms with Crippen LogP contribution in [-0.2, 0) is 16.1 Å². The number of carbonyl (C=O) groups excluding carboxylic acids is 1. The molecule has 3 N–H and O–H groups in total. The molecule has 0 aliphatic carbocycles. The summed E-state index contributed by atoms with van der Waals surface area (Å²) in [5, 5.41) is 2.76. The smallest absolute Gasteiger partial charge is 0.239 e. The third kappa shape index (κ3) is 5.29. The van der Waals surface area contributed by atoms with Gasteiger partial charge in [0.1, 0.15) is 6.04 Å². The Kier molecular flexibility index (Phi) is 5.99. The monoisotopic (exact) mass is 234 g/mol. The minimum absolute atomic E-state index is 0.201. The molecule has 0 aromatic heterocycles. The van der Waals surface area contributed by atoms with Gasteiger partial charge in [-0.25, -0.2) is 0 Å². The lowest BCUT2D eigenvalue weighted by atomic mass is 10.2. The van der Waals surface area contributed by atoms with Crippen LogP contribution in [0.3, 0.4) is 0 Å². The van der Waals surface area contributed by atoms with Gasteiger partial charge in [0, 0.05) is 6.54 Å². The Morgan fingerprint density at radius 2 is 2.18 bits per heavy atom. The molecular formula is C13H18N2O2. The minimum Gasteiger partial charge on any atom is -0.375 e. The molecule has 4 nitrogen and oxygen atoms in total. The molecular weight excluding hydrogens is 216 g/mol. The molecule has 0 heterocycles. The van der Waals surface area contributed by atoms with Crippen molar-refractivity contribution in [1.82, 2.24) is 5.32 Å². The summed E-state index contributed by atoms with van der Waals surface area (Å²) in [5.74, 6) is -0.210. The average molecular weight is 234 g/mol. The van der Waals surface area contributed by atoms with Crippen molar-refractivity contribution in [3.63, 3.8) is 0 Å². The Morgan fingerprint density at radius 1 is 1.47 bits per heavy atom. The maximum absolute atomic E-state index is 11.6. The lowest BCUT2D eigenvalue weighted by Gasteiger charge is -2.12. The van der Waals surface area contributed by atoms with Gasteiger partial charge in [0.05, 0.1) is 13.2 Å². The van der Waals surface area contributed by atoms with Gasteiger partial charge in [0.15, 0.2) is 0 Å². The molecule has 0 fully saturated rings. The molecule has 0 aliphatic rings. The molecule has 0 radical (unpaired) electrons. The third-order valence-corrected chi connectivity index (χ3v) is 2.18. The van der Waals surface area contributed by atoms with E-state index in [0.717, 1.165) is 5.56 Å². The second kappa shape index (κ2) is 7.60. The second-order valence-corrected chi connectivity index (χ2v) is 3.64. The Morgan fingerprint density at radius 3 is 2.82 bits per heavy atom. The fourth-order valence-corrected chi connectivity index (χ4v) is 1.27. The number of rotatable bonds is 7. The van der Waals surface area contributed by atoms with Gasteiger partial charge in [-0.05, 0) is 5.56 Å². The van der Waals surface area contributed by atoms with E-state index in [2.05, 4.69) is 11.9 Å². The summed E-state index contributed by atoms with van der Waals surface area (Å²) in [7, 11) is 0. The van der Waals surface area contributed by atoms with Crippen molar-refractivity contribution in [2.45, 2.75) is 12.6 Å². The fraction of sp³-hybridized carbons (Fsp3) is 0.308. The Bertz CT molecular complexity index is 352. The van der Waals surface area contributed by atoms with Crippen molar-refractivity contribution in [3.05, 3.63) is 48.6 Å². The summed E-state index contributed by atoms with van der Waals surface area (Å²) in [6, 6.07) is 9.03. The number of carbonyl (C=O) groups is 1. The van der Waals surface area contributed by atoms with Crippen LogP contribution >= 0.6 is 0 Å². The lowest BCUT2D eigenvalue weighted by molar-refractivity contribution is -0.123. The number of hydrogen-bond donors (Lipinski definition) is 2. The topological polar surface area (TPSA) is 64.3 Å². The van der Waals surface area contributed by atoms with Crippen LogP contribution in [0, 0.1) is 0 Å². The predicted octanol–water partition coefficient (Wildman–Crippen LogP) is 0.833. The molecule has 0 unspecified atom stereocenters. The van der Waals surface area contributed by atoms with E-state index >= 15 is 0 Å². The van der Waals surface area contributed by atoms with Crippen LogP contribution in [0.4, 0.5) is 0 Å². The SMILES string of the molecule is C=CCOC[C@@H](N)C(=O)NCc1ccccc1. The first-order chi connectivity index (χ1) is 8.24. The van der Waals surface area contributed by atoms with Crippen molar-refractivity contribution >= 4 is 5.91 Å². The largest absolute Gasteiger partial charge is 0.375 e. The van der Waals surface area contributed by atoms with Crippen molar-refractivity contribution in [1.29, 1.82) is 0 Å². The molecule has 0 spiro atoms. The number of nitrogens with two attached hydrogens (primary N) is 1. The molecule has 4 heteroatoms. The van der Waals surface area contributed by atoms with E-state index in [9.17, 15) is 4.79 Å². The van der Waals surface area contributed by atoms with E-state index in [1.807, 2.05) is 30.3 Å². The van der Waals surface area contributed by atoms with Crippen molar-refractivity contribution < 1.29 is 9.53 Å². The van der Waals surface area contributed by atoms with Gasteiger partial charge in [-0.2, -0.15) is 0 Å². The molecule has 0 aliphatic heterocycles. The molecule has 1 aromatic rings. The highest BCUT2D eigenvalue weighted by Crippen LogP contribution is 1.97. The number of amides is 1. The zero-order valence-corrected chi connectivity index (χ0v) is 9.76. The zero-order valence-electron chi connectivity index (χ0n) is 9.76. The van der Waals surface area contributed by atoms with E-state index in [0.29, 0.717) is 13.2 Å². The van der Waals surface area contributed by atoms with Crippen LogP contribution in [0.15, 0.2) is 43.0 Å². The highest BCUT2D eigenvalue weighted by molar-refractivity contribution is 5.81. The van der Waals surface area contributed by atoms with Gasteiger partial charge in [-0.1, -0.05) is 36.4 Å². The third-order valence-electron chi connectivity index (χ3n) is 2.18. The van der Waals surface area contributed by atoms with E-state index in [4.69, 9.17) is 10.5 Å². The maximum atomic E-state index is 11.6. The van der Waals surface area contributed by atoms with E-state index in [1.54, 1.807) is 6.08 Å². The minimum atomic E-state index is -0.640. The predicted molar refractivity (Wildman–Crippen MR) is 67.3 cm³/mol. The summed E-state index contributed by atoms with van der Waals surface area (Å²) in [6.07, 6.45) is 1.62. The van der Waals surface area contributed by atoms with E-state index < -0.39 is 6.04 Å². The summed E-state index contributed by atoms with van der Waals surface area (Å²) >= 11 is 0. The summed E-state index contributed by atoms with van der Waals surface area (Å²) in [4.78, 5) is 11.6. The first-order valence-electron chi connectivity index (χ1n) is 5.50. The molecule has 1 amide bonds. The second-order valence-electron chi connectivity index (χ2n) is 3.64. The Balaban J connectivity index is 2.26. The van der Waals surface area contributed by atoms with Gasteiger partial charge >= 0.3 is 0 Å². The number of nitrogens with one attached hydrogen (secondary N) is 1. The quantitative estimate of drug-likeness (QED) is 0.542. The van der Waals surface area contributed by atoms with Crippen LogP contribution in [0.25, 0.3) is 0 Å². The van der Waals surface area contributed by atoms with Gasteiger partial charge < -0.3 is 15.8 Å². The van der Waals surface area contributed by atoms with Gasteiger partial charge in [0.2, 0.25) is 5.91 Å². The molecule has 1 atom stereocenters. The first kappa shape index (κ1) is 13.4. The zero-order chi connectivity index (χ0) is 12.5. The van der Waals surface area contributed by atoms with Gasteiger partial charge in [-0.3, -0.25) is 4.79 Å². The van der Waals surface area contributed by atoms with Crippen molar-refractivity contribution in [2.75, 3.05) is 13.2 Å². The highest BCUT2D eigenvalue weighted by Gasteiger charge is 2.12. The number of ether oxygens (including phenoxy) is 1. The molecule has 0 saturated heterocycles. The van der Waals surface area contributed by atoms with Crippen LogP contribution < -0.4 is 11.1 Å². The molecule has 0 bridgehead atoms. The Labute approximate surface area is 101 Å². The average Bonchev–Trinajstić information content (AvgIpc) is 2.37. The van der Waals surface area contributed by atoms with E-state index in [-0.39, 0.29) is 12.5 Å². The first-order valence-corrected chi connectivity index (χ1v) is 5.50.